The second-order valence-corrected chi connectivity index (χ2v) is 8.37. The van der Waals surface area contributed by atoms with E-state index in [4.69, 9.17) is 19.9 Å². The third-order valence-corrected chi connectivity index (χ3v) is 3.46. The first-order valence-corrected chi connectivity index (χ1v) is 8.93. The highest BCUT2D eigenvalue weighted by atomic mass is 16.6. The molecule has 1 aromatic rings. The van der Waals surface area contributed by atoms with Gasteiger partial charge in [0, 0.05) is 18.3 Å². The Labute approximate surface area is 157 Å². The second kappa shape index (κ2) is 9.24. The van der Waals surface area contributed by atoms with E-state index in [1.807, 2.05) is 65.6 Å². The third-order valence-electron chi connectivity index (χ3n) is 3.46. The van der Waals surface area contributed by atoms with Gasteiger partial charge in [0.2, 0.25) is 0 Å². The van der Waals surface area contributed by atoms with Gasteiger partial charge in [0.1, 0.15) is 24.0 Å². The minimum atomic E-state index is -0.546. The minimum absolute atomic E-state index is 0.257. The summed E-state index contributed by atoms with van der Waals surface area (Å²) in [6.07, 6.45) is 0. The van der Waals surface area contributed by atoms with Gasteiger partial charge in [-0.25, -0.2) is 0 Å². The molecule has 0 fully saturated rings. The molecule has 0 saturated heterocycles. The standard InChI is InChI=1S/C20H34N2O4/c1-19(2,3)25-14-17(18(23)26-20(4,5)6)22(7)11-12-24-16-10-8-9-15(21)13-16/h8-10,13,17H,11-12,14,21H2,1-7H3/t17-/m0/s1. The SMILES string of the molecule is CN(CCOc1cccc(N)c1)[C@@H](COC(C)(C)C)C(=O)OC(C)(C)C. The highest BCUT2D eigenvalue weighted by Crippen LogP contribution is 2.16. The largest absolute Gasteiger partial charge is 0.492 e. The molecular weight excluding hydrogens is 332 g/mol. The minimum Gasteiger partial charge on any atom is -0.492 e. The molecule has 0 spiro atoms. The van der Waals surface area contributed by atoms with Crippen molar-refractivity contribution < 1.29 is 19.0 Å². The van der Waals surface area contributed by atoms with Crippen molar-refractivity contribution in [3.8, 4) is 5.75 Å². The molecule has 6 heteroatoms. The van der Waals surface area contributed by atoms with Crippen LogP contribution in [0.5, 0.6) is 5.75 Å². The van der Waals surface area contributed by atoms with Gasteiger partial charge in [0.15, 0.2) is 0 Å². The number of likely N-dealkylation sites (N-methyl/N-ethyl adjacent to an activating group) is 1. The monoisotopic (exact) mass is 366 g/mol. The molecule has 0 unspecified atom stereocenters. The predicted molar refractivity (Wildman–Crippen MR) is 104 cm³/mol. The number of hydrogen-bond donors (Lipinski definition) is 1. The number of carbonyl (C=O) groups excluding carboxylic acids is 1. The zero-order valence-electron chi connectivity index (χ0n) is 17.2. The molecule has 2 N–H and O–H groups in total. The van der Waals surface area contributed by atoms with E-state index >= 15 is 0 Å². The summed E-state index contributed by atoms with van der Waals surface area (Å²) in [5.74, 6) is 0.409. The Hall–Kier alpha value is -1.79. The van der Waals surface area contributed by atoms with Gasteiger partial charge in [-0.15, -0.1) is 0 Å². The fraction of sp³-hybridized carbons (Fsp3) is 0.650. The maximum atomic E-state index is 12.6. The lowest BCUT2D eigenvalue weighted by molar-refractivity contribution is -0.165. The van der Waals surface area contributed by atoms with Crippen LogP contribution in [0.3, 0.4) is 0 Å². The van der Waals surface area contributed by atoms with Gasteiger partial charge in [0.05, 0.1) is 12.2 Å². The number of anilines is 1. The fourth-order valence-electron chi connectivity index (χ4n) is 2.14. The lowest BCUT2D eigenvalue weighted by Gasteiger charge is -2.31. The van der Waals surface area contributed by atoms with Crippen molar-refractivity contribution in [2.45, 2.75) is 58.8 Å². The summed E-state index contributed by atoms with van der Waals surface area (Å²) in [6.45, 7) is 12.7. The van der Waals surface area contributed by atoms with E-state index in [2.05, 4.69) is 0 Å². The van der Waals surface area contributed by atoms with Gasteiger partial charge >= 0.3 is 5.97 Å². The van der Waals surface area contributed by atoms with Crippen LogP contribution in [0.2, 0.25) is 0 Å². The average molecular weight is 367 g/mol. The number of carbonyl (C=O) groups is 1. The lowest BCUT2D eigenvalue weighted by Crippen LogP contribution is -2.47. The topological polar surface area (TPSA) is 74.0 Å². The van der Waals surface area contributed by atoms with E-state index in [0.717, 1.165) is 0 Å². The molecule has 0 radical (unpaired) electrons. The molecule has 0 saturated carbocycles. The maximum absolute atomic E-state index is 12.6. The molecule has 0 aliphatic rings. The van der Waals surface area contributed by atoms with Crippen LogP contribution >= 0.6 is 0 Å². The number of nitrogens with two attached hydrogens (primary N) is 1. The quantitative estimate of drug-likeness (QED) is 0.563. The second-order valence-electron chi connectivity index (χ2n) is 8.37. The molecule has 0 aliphatic carbocycles. The van der Waals surface area contributed by atoms with E-state index in [9.17, 15) is 4.79 Å². The molecule has 0 aromatic heterocycles. The van der Waals surface area contributed by atoms with Crippen LogP contribution in [0.25, 0.3) is 0 Å². The van der Waals surface area contributed by atoms with Crippen LogP contribution in [-0.4, -0.2) is 54.9 Å². The molecule has 1 aromatic carbocycles. The number of ether oxygens (including phenoxy) is 3. The van der Waals surface area contributed by atoms with Gasteiger partial charge in [-0.3, -0.25) is 9.69 Å². The molecule has 1 atom stereocenters. The van der Waals surface area contributed by atoms with Gasteiger partial charge in [-0.05, 0) is 60.7 Å². The van der Waals surface area contributed by atoms with Crippen molar-refractivity contribution in [3.05, 3.63) is 24.3 Å². The fourth-order valence-corrected chi connectivity index (χ4v) is 2.14. The smallest absolute Gasteiger partial charge is 0.326 e. The van der Waals surface area contributed by atoms with E-state index in [0.29, 0.717) is 24.6 Å². The predicted octanol–water partition coefficient (Wildman–Crippen LogP) is 3.10. The highest BCUT2D eigenvalue weighted by Gasteiger charge is 2.30. The Bertz CT molecular complexity index is 576. The van der Waals surface area contributed by atoms with E-state index in [1.165, 1.54) is 0 Å². The number of hydrogen-bond acceptors (Lipinski definition) is 6. The first kappa shape index (κ1) is 22.3. The van der Waals surface area contributed by atoms with E-state index in [1.54, 1.807) is 12.1 Å². The van der Waals surface area contributed by atoms with E-state index < -0.39 is 11.6 Å². The van der Waals surface area contributed by atoms with Gasteiger partial charge in [-0.1, -0.05) is 6.07 Å². The Morgan fingerprint density at radius 1 is 1.15 bits per heavy atom. The zero-order chi connectivity index (χ0) is 20.0. The number of esters is 1. The number of nitrogen functional groups attached to an aromatic ring is 1. The van der Waals surface area contributed by atoms with Gasteiger partial charge < -0.3 is 19.9 Å². The Balaban J connectivity index is 2.66. The number of rotatable bonds is 8. The third kappa shape index (κ3) is 9.06. The summed E-state index contributed by atoms with van der Waals surface area (Å²) in [7, 11) is 1.86. The Morgan fingerprint density at radius 2 is 1.81 bits per heavy atom. The average Bonchev–Trinajstić information content (AvgIpc) is 2.44. The first-order valence-electron chi connectivity index (χ1n) is 8.93. The van der Waals surface area contributed by atoms with Gasteiger partial charge in [-0.2, -0.15) is 0 Å². The molecule has 0 heterocycles. The summed E-state index contributed by atoms with van der Waals surface area (Å²) in [6, 6.07) is 6.77. The molecule has 1 rings (SSSR count). The summed E-state index contributed by atoms with van der Waals surface area (Å²) < 4.78 is 17.1. The van der Waals surface area contributed by atoms with Gasteiger partial charge in [0.25, 0.3) is 0 Å². The van der Waals surface area contributed by atoms with Crippen molar-refractivity contribution in [2.24, 2.45) is 0 Å². The van der Waals surface area contributed by atoms with Crippen molar-refractivity contribution in [2.75, 3.05) is 32.5 Å². The molecule has 0 aliphatic heterocycles. The van der Waals surface area contributed by atoms with Crippen LogP contribution in [0.4, 0.5) is 5.69 Å². The van der Waals surface area contributed by atoms with Crippen molar-refractivity contribution in [1.82, 2.24) is 4.90 Å². The number of benzene rings is 1. The summed E-state index contributed by atoms with van der Waals surface area (Å²) in [5, 5.41) is 0. The molecule has 0 amide bonds. The van der Waals surface area contributed by atoms with Crippen LogP contribution in [-0.2, 0) is 14.3 Å². The lowest BCUT2D eigenvalue weighted by atomic mass is 10.1. The first-order chi connectivity index (χ1) is 11.9. The van der Waals surface area contributed by atoms with Crippen LogP contribution in [0.15, 0.2) is 24.3 Å². The van der Waals surface area contributed by atoms with Crippen molar-refractivity contribution in [3.63, 3.8) is 0 Å². The summed E-state index contributed by atoms with van der Waals surface area (Å²) in [5.41, 5.74) is 5.52. The maximum Gasteiger partial charge on any atom is 0.326 e. The molecular formula is C20H34N2O4. The normalized spacial score (nSPS) is 13.5. The molecule has 0 bridgehead atoms. The van der Waals surface area contributed by atoms with E-state index in [-0.39, 0.29) is 18.2 Å². The Kier molecular flexibility index (Phi) is 7.90. The van der Waals surface area contributed by atoms with Crippen LogP contribution in [0.1, 0.15) is 41.5 Å². The molecule has 26 heavy (non-hydrogen) atoms. The van der Waals surface area contributed by atoms with Crippen LogP contribution in [0, 0.1) is 0 Å². The number of nitrogens with zero attached hydrogens (tertiary/aromatic N) is 1. The molecule has 148 valence electrons. The Morgan fingerprint density at radius 3 is 2.35 bits per heavy atom. The summed E-state index contributed by atoms with van der Waals surface area (Å²) >= 11 is 0. The highest BCUT2D eigenvalue weighted by molar-refractivity contribution is 5.76. The van der Waals surface area contributed by atoms with Crippen molar-refractivity contribution in [1.29, 1.82) is 0 Å². The van der Waals surface area contributed by atoms with Crippen LogP contribution < -0.4 is 10.5 Å². The summed E-state index contributed by atoms with van der Waals surface area (Å²) in [4.78, 5) is 14.5. The molecule has 6 nitrogen and oxygen atoms in total. The zero-order valence-corrected chi connectivity index (χ0v) is 17.2. The van der Waals surface area contributed by atoms with Crippen molar-refractivity contribution >= 4 is 11.7 Å².